The molecule has 5 fully saturated rings. The van der Waals surface area contributed by atoms with Crippen LogP contribution in [0.5, 0.6) is 11.8 Å². The van der Waals surface area contributed by atoms with Crippen LogP contribution < -0.4 is 15.0 Å². The average Bonchev–Trinajstić information content (AvgIpc) is 3.52. The highest BCUT2D eigenvalue weighted by Crippen LogP contribution is 2.42. The molecule has 0 radical (unpaired) electrons. The number of benzene rings is 2. The van der Waals surface area contributed by atoms with Crippen LogP contribution in [0.15, 0.2) is 30.5 Å². The minimum atomic E-state index is -1.65. The van der Waals surface area contributed by atoms with Crippen LogP contribution in [0.2, 0.25) is 0 Å². The molecule has 5 saturated heterocycles. The van der Waals surface area contributed by atoms with Gasteiger partial charge in [0.05, 0.1) is 10.9 Å². The van der Waals surface area contributed by atoms with E-state index in [0.717, 1.165) is 19.4 Å². The van der Waals surface area contributed by atoms with Gasteiger partial charge in [-0.3, -0.25) is 9.88 Å². The van der Waals surface area contributed by atoms with Crippen molar-refractivity contribution in [3.8, 4) is 23.0 Å². The number of nitrogens with zero attached hydrogens (tertiary/aromatic N) is 5. The molecule has 230 valence electrons. The zero-order valence-corrected chi connectivity index (χ0v) is 24.4. The first-order valence-electron chi connectivity index (χ1n) is 16.4. The number of pyridine rings is 1. The SMILES string of the molecule is [2H]C1([2H])CC[C@@]2(COc3nc(N4CC5CCC4CN5)c4cnc(-c5cc(O)cc6ccc(F)c(CC)c56)c(F)c4n3)C[C@@H](F)CN12. The molecule has 2 bridgehead atoms. The summed E-state index contributed by atoms with van der Waals surface area (Å²) >= 11 is 0. The molecule has 9 rings (SSSR count). The van der Waals surface area contributed by atoms with Crippen molar-refractivity contribution >= 4 is 27.5 Å². The summed E-state index contributed by atoms with van der Waals surface area (Å²) in [5.41, 5.74) is -0.330. The molecule has 7 heterocycles. The van der Waals surface area contributed by atoms with Gasteiger partial charge < -0.3 is 20.1 Å². The number of halogens is 3. The highest BCUT2D eigenvalue weighted by molar-refractivity contribution is 6.01. The van der Waals surface area contributed by atoms with Gasteiger partial charge in [-0.25, -0.2) is 13.2 Å². The summed E-state index contributed by atoms with van der Waals surface area (Å²) in [5, 5.41) is 15.5. The highest BCUT2D eigenvalue weighted by atomic mass is 19.1. The number of ether oxygens (including phenoxy) is 1. The molecule has 0 saturated carbocycles. The maximum Gasteiger partial charge on any atom is 0.319 e. The third kappa shape index (κ3) is 4.38. The smallest absolute Gasteiger partial charge is 0.319 e. The summed E-state index contributed by atoms with van der Waals surface area (Å²) in [6, 6.07) is 6.09. The highest BCUT2D eigenvalue weighted by Gasteiger charge is 2.49. The number of hydrogen-bond acceptors (Lipinski definition) is 8. The fraction of sp³-hybridized carbons (Fsp3) is 0.485. The first-order valence-corrected chi connectivity index (χ1v) is 15.4. The van der Waals surface area contributed by atoms with Crippen molar-refractivity contribution < 1.29 is 25.8 Å². The number of piperidine rings is 2. The van der Waals surface area contributed by atoms with Gasteiger partial charge in [-0.1, -0.05) is 13.0 Å². The Balaban J connectivity index is 1.27. The molecule has 2 aromatic carbocycles. The maximum absolute atomic E-state index is 16.9. The third-order valence-corrected chi connectivity index (χ3v) is 9.94. The van der Waals surface area contributed by atoms with Crippen LogP contribution in [0.4, 0.5) is 19.0 Å². The van der Waals surface area contributed by atoms with E-state index >= 15 is 4.39 Å². The fourth-order valence-corrected chi connectivity index (χ4v) is 7.77. The Bertz CT molecular complexity index is 1870. The Morgan fingerprint density at radius 2 is 2.09 bits per heavy atom. The second kappa shape index (κ2) is 10.4. The van der Waals surface area contributed by atoms with Crippen LogP contribution in [0.25, 0.3) is 32.9 Å². The molecule has 5 aliphatic rings. The van der Waals surface area contributed by atoms with Crippen LogP contribution in [0.1, 0.15) is 47.3 Å². The topological polar surface area (TPSA) is 86.6 Å². The van der Waals surface area contributed by atoms with E-state index in [9.17, 15) is 13.9 Å². The number of aromatic hydroxyl groups is 1. The second-order valence-electron chi connectivity index (χ2n) is 12.6. The maximum atomic E-state index is 16.9. The van der Waals surface area contributed by atoms with Crippen LogP contribution in [-0.2, 0) is 6.42 Å². The fourth-order valence-electron chi connectivity index (χ4n) is 7.77. The molecule has 5 aliphatic heterocycles. The van der Waals surface area contributed by atoms with Crippen molar-refractivity contribution in [2.24, 2.45) is 0 Å². The zero-order chi connectivity index (χ0) is 32.0. The van der Waals surface area contributed by atoms with Crippen molar-refractivity contribution in [2.75, 3.05) is 37.6 Å². The zero-order valence-electron chi connectivity index (χ0n) is 26.4. The number of piperazine rings is 1. The van der Waals surface area contributed by atoms with Crippen molar-refractivity contribution in [1.82, 2.24) is 25.2 Å². The largest absolute Gasteiger partial charge is 0.508 e. The molecular formula is C33H35F3N6O2. The minimum Gasteiger partial charge on any atom is -0.508 e. The van der Waals surface area contributed by atoms with Crippen LogP contribution in [0.3, 0.4) is 0 Å². The van der Waals surface area contributed by atoms with Gasteiger partial charge in [0.2, 0.25) is 0 Å². The lowest BCUT2D eigenvalue weighted by Crippen LogP contribution is -2.61. The number of hydrogen-bond donors (Lipinski definition) is 2. The van der Waals surface area contributed by atoms with E-state index in [-0.39, 0.29) is 66.6 Å². The lowest BCUT2D eigenvalue weighted by atomic mass is 9.92. The summed E-state index contributed by atoms with van der Waals surface area (Å²) in [5.74, 6) is -0.804. The van der Waals surface area contributed by atoms with Crippen LogP contribution in [0, 0.1) is 11.6 Å². The molecule has 11 heteroatoms. The van der Waals surface area contributed by atoms with Gasteiger partial charge in [-0.15, -0.1) is 0 Å². The molecule has 44 heavy (non-hydrogen) atoms. The van der Waals surface area contributed by atoms with Crippen molar-refractivity contribution in [3.05, 3.63) is 47.7 Å². The first kappa shape index (κ1) is 25.6. The normalized spacial score (nSPS) is 28.5. The van der Waals surface area contributed by atoms with Gasteiger partial charge in [-0.2, -0.15) is 9.97 Å². The summed E-state index contributed by atoms with van der Waals surface area (Å²) in [7, 11) is 0. The lowest BCUT2D eigenvalue weighted by molar-refractivity contribution is 0.107. The van der Waals surface area contributed by atoms with Crippen molar-refractivity contribution in [3.63, 3.8) is 0 Å². The molecule has 8 nitrogen and oxygen atoms in total. The molecule has 2 N–H and O–H groups in total. The van der Waals surface area contributed by atoms with Gasteiger partial charge in [0.15, 0.2) is 5.82 Å². The summed E-state index contributed by atoms with van der Waals surface area (Å²) in [6.07, 6.45) is 3.49. The first-order chi connectivity index (χ1) is 22.1. The van der Waals surface area contributed by atoms with E-state index in [1.807, 2.05) is 6.92 Å². The monoisotopic (exact) mass is 606 g/mol. The van der Waals surface area contributed by atoms with E-state index in [1.165, 1.54) is 24.4 Å². The van der Waals surface area contributed by atoms with E-state index in [2.05, 4.69) is 20.2 Å². The molecule has 2 unspecified atom stereocenters. The van der Waals surface area contributed by atoms with Crippen molar-refractivity contribution in [2.45, 2.75) is 69.2 Å². The van der Waals surface area contributed by atoms with Crippen LogP contribution in [-0.4, -0.2) is 81.5 Å². The van der Waals surface area contributed by atoms with Gasteiger partial charge in [-0.05, 0) is 73.1 Å². The number of aryl methyl sites for hydroxylation is 1. The standard InChI is InChI=1S/C33H35F3N6O2/c1-2-23-26(35)7-4-18-10-22(43)11-24(27(18)23)29-28(36)30-25(14-38-29)31(42-16-20-5-6-21(42)13-37-20)40-32(39-30)44-17-33-8-3-9-41(33)15-19(34)12-33/h4,7,10-11,14,19-21,37,43H,2-3,5-6,8-9,12-13,15-17H2,1H3/t19-,20?,21?,33+/m1/s1/i9D2. The number of fused-ring (bicyclic) bond motifs is 6. The summed E-state index contributed by atoms with van der Waals surface area (Å²) < 4.78 is 69.4. The number of phenols is 1. The van der Waals surface area contributed by atoms with E-state index in [4.69, 9.17) is 12.5 Å². The number of aromatic nitrogens is 3. The molecule has 0 aliphatic carbocycles. The van der Waals surface area contributed by atoms with E-state index in [0.29, 0.717) is 46.9 Å². The third-order valence-electron chi connectivity index (χ3n) is 9.94. The molecular weight excluding hydrogens is 569 g/mol. The Hall–Kier alpha value is -3.70. The van der Waals surface area contributed by atoms with E-state index < -0.39 is 29.8 Å². The van der Waals surface area contributed by atoms with Crippen LogP contribution >= 0.6 is 0 Å². The van der Waals surface area contributed by atoms with Gasteiger partial charge >= 0.3 is 6.01 Å². The predicted molar refractivity (Wildman–Crippen MR) is 162 cm³/mol. The molecule has 2 aromatic heterocycles. The number of phenolic OH excluding ortho intramolecular Hbond substituents is 1. The van der Waals surface area contributed by atoms with Gasteiger partial charge in [0.1, 0.15) is 41.4 Å². The Labute approximate surface area is 256 Å². The summed E-state index contributed by atoms with van der Waals surface area (Å²) in [4.78, 5) is 17.5. The lowest BCUT2D eigenvalue weighted by Gasteiger charge is -2.46. The van der Waals surface area contributed by atoms with Gasteiger partial charge in [0, 0.05) is 52.6 Å². The molecule has 4 aromatic rings. The van der Waals surface area contributed by atoms with Crippen molar-refractivity contribution in [1.29, 1.82) is 0 Å². The predicted octanol–water partition coefficient (Wildman–Crippen LogP) is 5.29. The molecule has 0 spiro atoms. The minimum absolute atomic E-state index is 0.00802. The Morgan fingerprint density at radius 1 is 1.20 bits per heavy atom. The van der Waals surface area contributed by atoms with E-state index in [1.54, 1.807) is 11.0 Å². The number of rotatable bonds is 6. The second-order valence-corrected chi connectivity index (χ2v) is 12.6. The average molecular weight is 607 g/mol. The summed E-state index contributed by atoms with van der Waals surface area (Å²) in [6.45, 7) is 1.54. The Morgan fingerprint density at radius 3 is 2.86 bits per heavy atom. The Kier molecular flexibility index (Phi) is 6.08. The molecule has 0 amide bonds. The molecule has 4 atom stereocenters. The van der Waals surface area contributed by atoms with Gasteiger partial charge in [0.25, 0.3) is 0 Å². The number of anilines is 1. The quantitative estimate of drug-likeness (QED) is 0.307. The number of alkyl halides is 1. The number of nitrogens with one attached hydrogen (secondary N) is 1.